The van der Waals surface area contributed by atoms with Crippen molar-refractivity contribution in [2.75, 3.05) is 5.32 Å². The Morgan fingerprint density at radius 3 is 2.93 bits per heavy atom. The average molecular weight is 203 g/mol. The first-order valence-electron chi connectivity index (χ1n) is 4.03. The number of para-hydroxylation sites is 1. The van der Waals surface area contributed by atoms with Crippen LogP contribution in [0.2, 0.25) is 0 Å². The standard InChI is InChI=1S/C8H5N5S/c1-2-4-6-5(3-1)9-7-8(14-6)11-13-12-10-7/h1-4H,(H,9,10,13). The number of nitrogens with zero attached hydrogens (tertiary/aromatic N) is 4. The van der Waals surface area contributed by atoms with Gasteiger partial charge in [0.05, 0.1) is 5.69 Å². The summed E-state index contributed by atoms with van der Waals surface area (Å²) in [4.78, 5) is 1.13. The van der Waals surface area contributed by atoms with E-state index in [4.69, 9.17) is 0 Å². The maximum Gasteiger partial charge on any atom is 0.189 e. The zero-order valence-corrected chi connectivity index (χ0v) is 7.82. The Morgan fingerprint density at radius 2 is 1.93 bits per heavy atom. The fraction of sp³-hybridized carbons (Fsp3) is 0. The minimum Gasteiger partial charge on any atom is -0.335 e. The lowest BCUT2D eigenvalue weighted by Crippen LogP contribution is -2.06. The van der Waals surface area contributed by atoms with Gasteiger partial charge in [0.2, 0.25) is 0 Å². The van der Waals surface area contributed by atoms with E-state index in [2.05, 4.69) is 25.9 Å². The number of rotatable bonds is 0. The van der Waals surface area contributed by atoms with E-state index in [9.17, 15) is 0 Å². The summed E-state index contributed by atoms with van der Waals surface area (Å²) in [5, 5.41) is 18.6. The molecule has 1 aromatic heterocycles. The second kappa shape index (κ2) is 2.91. The molecule has 0 unspecified atom stereocenters. The van der Waals surface area contributed by atoms with E-state index in [0.717, 1.165) is 15.6 Å². The van der Waals surface area contributed by atoms with Gasteiger partial charge in [0, 0.05) is 4.90 Å². The Hall–Kier alpha value is -1.69. The van der Waals surface area contributed by atoms with Crippen molar-refractivity contribution in [3.63, 3.8) is 0 Å². The van der Waals surface area contributed by atoms with Gasteiger partial charge in [0.25, 0.3) is 0 Å². The van der Waals surface area contributed by atoms with Crippen LogP contribution in [0.25, 0.3) is 0 Å². The molecular formula is C8H5N5S. The Bertz CT molecular complexity index is 399. The van der Waals surface area contributed by atoms with Gasteiger partial charge in [-0.3, -0.25) is 0 Å². The zero-order chi connectivity index (χ0) is 9.38. The van der Waals surface area contributed by atoms with Gasteiger partial charge in [-0.15, -0.1) is 10.2 Å². The molecule has 1 aliphatic heterocycles. The fourth-order valence-electron chi connectivity index (χ4n) is 1.25. The Morgan fingerprint density at radius 1 is 1.07 bits per heavy atom. The molecule has 3 rings (SSSR count). The number of hydrogen-bond acceptors (Lipinski definition) is 6. The second-order valence-electron chi connectivity index (χ2n) is 2.76. The average Bonchev–Trinajstić information content (AvgIpc) is 2.26. The molecule has 0 atom stereocenters. The van der Waals surface area contributed by atoms with E-state index >= 15 is 0 Å². The number of aromatic nitrogens is 4. The molecule has 5 nitrogen and oxygen atoms in total. The highest BCUT2D eigenvalue weighted by atomic mass is 32.2. The van der Waals surface area contributed by atoms with Crippen molar-refractivity contribution in [3.05, 3.63) is 24.3 Å². The monoisotopic (exact) mass is 203 g/mol. The van der Waals surface area contributed by atoms with Gasteiger partial charge in [0.15, 0.2) is 10.8 Å². The molecule has 0 aliphatic carbocycles. The molecule has 14 heavy (non-hydrogen) atoms. The third-order valence-electron chi connectivity index (χ3n) is 1.87. The highest BCUT2D eigenvalue weighted by Crippen LogP contribution is 2.40. The van der Waals surface area contributed by atoms with Gasteiger partial charge in [-0.05, 0) is 22.6 Å². The maximum absolute atomic E-state index is 3.89. The third kappa shape index (κ3) is 1.12. The summed E-state index contributed by atoms with van der Waals surface area (Å²) in [5.74, 6) is 0.670. The van der Waals surface area contributed by atoms with Gasteiger partial charge in [-0.25, -0.2) is 0 Å². The van der Waals surface area contributed by atoms with Crippen LogP contribution in [0.15, 0.2) is 34.2 Å². The van der Waals surface area contributed by atoms with E-state index in [-0.39, 0.29) is 0 Å². The minimum atomic E-state index is 0.670. The van der Waals surface area contributed by atoms with Crippen LogP contribution in [-0.4, -0.2) is 20.6 Å². The molecule has 0 saturated heterocycles. The van der Waals surface area contributed by atoms with E-state index in [1.807, 2.05) is 24.3 Å². The molecule has 6 heteroatoms. The normalized spacial score (nSPS) is 12.6. The maximum atomic E-state index is 3.89. The summed E-state index contributed by atoms with van der Waals surface area (Å²) in [5.41, 5.74) is 1.03. The first kappa shape index (κ1) is 7.69. The molecule has 0 amide bonds. The van der Waals surface area contributed by atoms with Gasteiger partial charge in [-0.1, -0.05) is 23.9 Å². The molecule has 1 N–H and O–H groups in total. The third-order valence-corrected chi connectivity index (χ3v) is 2.91. The predicted molar refractivity (Wildman–Crippen MR) is 51.5 cm³/mol. The number of hydrogen-bond donors (Lipinski definition) is 1. The van der Waals surface area contributed by atoms with Crippen molar-refractivity contribution in [2.45, 2.75) is 9.92 Å². The smallest absolute Gasteiger partial charge is 0.189 e. The summed E-state index contributed by atoms with van der Waals surface area (Å²) in [6, 6.07) is 7.98. The van der Waals surface area contributed by atoms with Gasteiger partial charge in [-0.2, -0.15) is 0 Å². The fourth-order valence-corrected chi connectivity index (χ4v) is 2.10. The Labute approximate surface area is 83.9 Å². The van der Waals surface area contributed by atoms with Crippen LogP contribution >= 0.6 is 11.8 Å². The van der Waals surface area contributed by atoms with Crippen LogP contribution in [0.5, 0.6) is 0 Å². The van der Waals surface area contributed by atoms with E-state index in [1.54, 1.807) is 11.8 Å². The lowest BCUT2D eigenvalue weighted by Gasteiger charge is -2.16. The van der Waals surface area contributed by atoms with E-state index in [1.165, 1.54) is 0 Å². The van der Waals surface area contributed by atoms with E-state index < -0.39 is 0 Å². The highest BCUT2D eigenvalue weighted by Gasteiger charge is 2.17. The summed E-state index contributed by atoms with van der Waals surface area (Å²) in [7, 11) is 0. The molecule has 0 fully saturated rings. The van der Waals surface area contributed by atoms with Gasteiger partial charge < -0.3 is 5.32 Å². The van der Waals surface area contributed by atoms with Crippen molar-refractivity contribution in [2.24, 2.45) is 0 Å². The molecular weight excluding hydrogens is 198 g/mol. The number of anilines is 2. The van der Waals surface area contributed by atoms with Crippen molar-refractivity contribution in [1.82, 2.24) is 20.6 Å². The zero-order valence-electron chi connectivity index (χ0n) is 7.01. The van der Waals surface area contributed by atoms with Crippen LogP contribution in [0.1, 0.15) is 0 Å². The molecule has 68 valence electrons. The first-order valence-corrected chi connectivity index (χ1v) is 4.85. The van der Waals surface area contributed by atoms with Crippen molar-refractivity contribution < 1.29 is 0 Å². The molecule has 0 bridgehead atoms. The lowest BCUT2D eigenvalue weighted by atomic mass is 10.3. The molecule has 1 aliphatic rings. The minimum absolute atomic E-state index is 0.670. The van der Waals surface area contributed by atoms with Crippen molar-refractivity contribution in [1.29, 1.82) is 0 Å². The lowest BCUT2D eigenvalue weighted by molar-refractivity contribution is 0.719. The van der Waals surface area contributed by atoms with Crippen LogP contribution in [0.3, 0.4) is 0 Å². The van der Waals surface area contributed by atoms with Crippen LogP contribution in [0.4, 0.5) is 11.5 Å². The molecule has 2 aromatic rings. The first-order chi connectivity index (χ1) is 6.93. The summed E-state index contributed by atoms with van der Waals surface area (Å²) in [6.07, 6.45) is 0. The molecule has 0 spiro atoms. The molecule has 0 radical (unpaired) electrons. The van der Waals surface area contributed by atoms with Crippen molar-refractivity contribution >= 4 is 23.3 Å². The summed E-state index contributed by atoms with van der Waals surface area (Å²) >= 11 is 1.54. The number of fused-ring (bicyclic) bond motifs is 2. The second-order valence-corrected chi connectivity index (χ2v) is 3.79. The number of nitrogens with one attached hydrogen (secondary N) is 1. The quantitative estimate of drug-likeness (QED) is 0.597. The highest BCUT2D eigenvalue weighted by molar-refractivity contribution is 7.99. The van der Waals surface area contributed by atoms with Crippen LogP contribution in [0, 0.1) is 0 Å². The predicted octanol–water partition coefficient (Wildman–Crippen LogP) is 1.47. The summed E-state index contributed by atoms with van der Waals surface area (Å²) in [6.45, 7) is 0. The van der Waals surface area contributed by atoms with Gasteiger partial charge >= 0.3 is 0 Å². The van der Waals surface area contributed by atoms with Crippen LogP contribution < -0.4 is 5.32 Å². The Balaban J connectivity index is 2.12. The van der Waals surface area contributed by atoms with Crippen molar-refractivity contribution in [3.8, 4) is 0 Å². The van der Waals surface area contributed by atoms with Crippen LogP contribution in [-0.2, 0) is 0 Å². The summed E-state index contributed by atoms with van der Waals surface area (Å²) < 4.78 is 0. The van der Waals surface area contributed by atoms with E-state index in [0.29, 0.717) is 5.82 Å². The SMILES string of the molecule is c1ccc2c(c1)Nc1nnnnc1S2. The molecule has 1 aromatic carbocycles. The molecule has 2 heterocycles. The topological polar surface area (TPSA) is 63.6 Å². The largest absolute Gasteiger partial charge is 0.335 e. The number of benzene rings is 1. The molecule has 0 saturated carbocycles. The Kier molecular flexibility index (Phi) is 1.60. The van der Waals surface area contributed by atoms with Gasteiger partial charge in [0.1, 0.15) is 0 Å².